The Labute approximate surface area is 131 Å². The predicted octanol–water partition coefficient (Wildman–Crippen LogP) is 4.56. The zero-order valence-corrected chi connectivity index (χ0v) is 13.6. The van der Waals surface area contributed by atoms with E-state index in [-0.39, 0.29) is 5.97 Å². The molecule has 0 fully saturated rings. The lowest BCUT2D eigenvalue weighted by Crippen LogP contribution is -2.09. The van der Waals surface area contributed by atoms with Crippen LogP contribution in [0.25, 0.3) is 0 Å². The maximum Gasteiger partial charge on any atom is 0.343 e. The number of hydrogen-bond donors (Lipinski definition) is 0. The molecule has 0 saturated heterocycles. The summed E-state index contributed by atoms with van der Waals surface area (Å²) < 4.78 is 11.0. The maximum atomic E-state index is 12.2. The van der Waals surface area contributed by atoms with Crippen LogP contribution in [0.4, 0.5) is 0 Å². The highest BCUT2D eigenvalue weighted by atomic mass is 16.5. The second-order valence-electron chi connectivity index (χ2n) is 5.89. The number of rotatable bonds is 5. The molecule has 0 aliphatic rings. The summed E-state index contributed by atoms with van der Waals surface area (Å²) in [5, 5.41) is 0. The van der Waals surface area contributed by atoms with Gasteiger partial charge in [-0.15, -0.1) is 0 Å². The van der Waals surface area contributed by atoms with E-state index in [4.69, 9.17) is 9.47 Å². The number of hydrogen-bond acceptors (Lipinski definition) is 3. The summed E-state index contributed by atoms with van der Waals surface area (Å²) in [4.78, 5) is 12.2. The van der Waals surface area contributed by atoms with Crippen molar-refractivity contribution in [1.82, 2.24) is 0 Å². The van der Waals surface area contributed by atoms with Gasteiger partial charge in [-0.05, 0) is 55.7 Å². The molecule has 0 unspecified atom stereocenters. The molecule has 0 saturated carbocycles. The van der Waals surface area contributed by atoms with Crippen LogP contribution in [0, 0.1) is 19.8 Å². The summed E-state index contributed by atoms with van der Waals surface area (Å²) in [5.41, 5.74) is 2.60. The van der Waals surface area contributed by atoms with Crippen LogP contribution < -0.4 is 9.47 Å². The first-order chi connectivity index (χ1) is 10.5. The average molecular weight is 298 g/mol. The molecule has 2 rings (SSSR count). The number of ether oxygens (including phenoxy) is 2. The number of carbonyl (C=O) groups excluding carboxylic acids is 1. The molecule has 0 N–H and O–H groups in total. The molecular formula is C19H22O3. The standard InChI is InChI=1S/C19H22O3/c1-13(2)12-21-17-8-6-16(7-9-17)19(20)22-18-10-5-14(3)11-15(18)4/h5-11,13H,12H2,1-4H3. The quantitative estimate of drug-likeness (QED) is 0.599. The van der Waals surface area contributed by atoms with Gasteiger partial charge in [-0.1, -0.05) is 31.5 Å². The maximum absolute atomic E-state index is 12.2. The highest BCUT2D eigenvalue weighted by Gasteiger charge is 2.10. The third kappa shape index (κ3) is 4.35. The van der Waals surface area contributed by atoms with Crippen LogP contribution in [0.2, 0.25) is 0 Å². The minimum absolute atomic E-state index is 0.359. The molecule has 2 aromatic carbocycles. The summed E-state index contributed by atoms with van der Waals surface area (Å²) in [5.74, 6) is 1.46. The highest BCUT2D eigenvalue weighted by Crippen LogP contribution is 2.21. The number of aryl methyl sites for hydroxylation is 2. The zero-order chi connectivity index (χ0) is 16.1. The summed E-state index contributed by atoms with van der Waals surface area (Å²) in [6.07, 6.45) is 0. The van der Waals surface area contributed by atoms with Gasteiger partial charge in [0, 0.05) is 0 Å². The first-order valence-corrected chi connectivity index (χ1v) is 7.48. The van der Waals surface area contributed by atoms with E-state index in [1.807, 2.05) is 32.0 Å². The second kappa shape index (κ2) is 7.12. The molecular weight excluding hydrogens is 276 g/mol. The fourth-order valence-corrected chi connectivity index (χ4v) is 2.02. The SMILES string of the molecule is Cc1ccc(OC(=O)c2ccc(OCC(C)C)cc2)c(C)c1. The third-order valence-corrected chi connectivity index (χ3v) is 3.21. The van der Waals surface area contributed by atoms with Crippen molar-refractivity contribution in [3.63, 3.8) is 0 Å². The van der Waals surface area contributed by atoms with E-state index in [0.29, 0.717) is 23.8 Å². The Morgan fingerprint density at radius 2 is 1.73 bits per heavy atom. The van der Waals surface area contributed by atoms with E-state index in [1.54, 1.807) is 24.3 Å². The normalized spacial score (nSPS) is 10.6. The number of benzene rings is 2. The van der Waals surface area contributed by atoms with Crippen molar-refractivity contribution in [2.75, 3.05) is 6.61 Å². The molecule has 116 valence electrons. The molecule has 2 aromatic rings. The van der Waals surface area contributed by atoms with Crippen LogP contribution in [0.3, 0.4) is 0 Å². The van der Waals surface area contributed by atoms with Gasteiger partial charge in [0.25, 0.3) is 0 Å². The molecule has 0 aromatic heterocycles. The Morgan fingerprint density at radius 1 is 1.05 bits per heavy atom. The van der Waals surface area contributed by atoms with Crippen LogP contribution >= 0.6 is 0 Å². The minimum atomic E-state index is -0.359. The van der Waals surface area contributed by atoms with Crippen molar-refractivity contribution in [1.29, 1.82) is 0 Å². The Morgan fingerprint density at radius 3 is 2.32 bits per heavy atom. The highest BCUT2D eigenvalue weighted by molar-refractivity contribution is 5.91. The van der Waals surface area contributed by atoms with E-state index in [9.17, 15) is 4.79 Å². The van der Waals surface area contributed by atoms with Gasteiger partial charge < -0.3 is 9.47 Å². The molecule has 0 radical (unpaired) electrons. The molecule has 0 aliphatic heterocycles. The van der Waals surface area contributed by atoms with Crippen LogP contribution in [0.1, 0.15) is 35.3 Å². The van der Waals surface area contributed by atoms with Crippen LogP contribution in [-0.4, -0.2) is 12.6 Å². The molecule has 3 nitrogen and oxygen atoms in total. The third-order valence-electron chi connectivity index (χ3n) is 3.21. The van der Waals surface area contributed by atoms with Gasteiger partial charge in [-0.3, -0.25) is 0 Å². The van der Waals surface area contributed by atoms with Crippen molar-refractivity contribution in [2.24, 2.45) is 5.92 Å². The summed E-state index contributed by atoms with van der Waals surface area (Å²) in [6.45, 7) is 8.78. The zero-order valence-electron chi connectivity index (χ0n) is 13.6. The van der Waals surface area contributed by atoms with Crippen LogP contribution in [-0.2, 0) is 0 Å². The summed E-state index contributed by atoms with van der Waals surface area (Å²) >= 11 is 0. The van der Waals surface area contributed by atoms with Crippen LogP contribution in [0.15, 0.2) is 42.5 Å². The largest absolute Gasteiger partial charge is 0.493 e. The Balaban J connectivity index is 2.03. The van der Waals surface area contributed by atoms with Crippen molar-refractivity contribution >= 4 is 5.97 Å². The Bertz CT molecular complexity index is 642. The molecule has 0 heterocycles. The topological polar surface area (TPSA) is 35.5 Å². The molecule has 0 spiro atoms. The van der Waals surface area contributed by atoms with E-state index < -0.39 is 0 Å². The van der Waals surface area contributed by atoms with E-state index in [1.165, 1.54) is 0 Å². The van der Waals surface area contributed by atoms with Gasteiger partial charge in [0.2, 0.25) is 0 Å². The Kier molecular flexibility index (Phi) is 5.21. The van der Waals surface area contributed by atoms with Crippen LogP contribution in [0.5, 0.6) is 11.5 Å². The molecule has 3 heteroatoms. The molecule has 0 amide bonds. The lowest BCUT2D eigenvalue weighted by molar-refractivity contribution is 0.0733. The van der Waals surface area contributed by atoms with Gasteiger partial charge >= 0.3 is 5.97 Å². The van der Waals surface area contributed by atoms with Gasteiger partial charge in [-0.25, -0.2) is 4.79 Å². The van der Waals surface area contributed by atoms with Crippen molar-refractivity contribution in [3.8, 4) is 11.5 Å². The fourth-order valence-electron chi connectivity index (χ4n) is 2.02. The first kappa shape index (κ1) is 16.1. The number of carbonyl (C=O) groups is 1. The van der Waals surface area contributed by atoms with Gasteiger partial charge in [-0.2, -0.15) is 0 Å². The van der Waals surface area contributed by atoms with Crippen molar-refractivity contribution in [2.45, 2.75) is 27.7 Å². The predicted molar refractivity (Wildman–Crippen MR) is 87.6 cm³/mol. The van der Waals surface area contributed by atoms with E-state index in [0.717, 1.165) is 16.9 Å². The van der Waals surface area contributed by atoms with Crippen molar-refractivity contribution < 1.29 is 14.3 Å². The smallest absolute Gasteiger partial charge is 0.343 e. The van der Waals surface area contributed by atoms with E-state index >= 15 is 0 Å². The Hall–Kier alpha value is -2.29. The fraction of sp³-hybridized carbons (Fsp3) is 0.316. The number of esters is 1. The lowest BCUT2D eigenvalue weighted by Gasteiger charge is -2.10. The van der Waals surface area contributed by atoms with Gasteiger partial charge in [0.1, 0.15) is 11.5 Å². The second-order valence-corrected chi connectivity index (χ2v) is 5.89. The molecule has 22 heavy (non-hydrogen) atoms. The summed E-state index contributed by atoms with van der Waals surface area (Å²) in [6, 6.07) is 12.8. The van der Waals surface area contributed by atoms with Gasteiger partial charge in [0.05, 0.1) is 12.2 Å². The van der Waals surface area contributed by atoms with E-state index in [2.05, 4.69) is 13.8 Å². The first-order valence-electron chi connectivity index (χ1n) is 7.48. The average Bonchev–Trinajstić information content (AvgIpc) is 2.48. The minimum Gasteiger partial charge on any atom is -0.493 e. The molecule has 0 atom stereocenters. The van der Waals surface area contributed by atoms with Crippen molar-refractivity contribution in [3.05, 3.63) is 59.2 Å². The lowest BCUT2D eigenvalue weighted by atomic mass is 10.1. The summed E-state index contributed by atoms with van der Waals surface area (Å²) in [7, 11) is 0. The molecule has 0 aliphatic carbocycles. The monoisotopic (exact) mass is 298 g/mol. The molecule has 0 bridgehead atoms. The van der Waals surface area contributed by atoms with Gasteiger partial charge in [0.15, 0.2) is 0 Å².